The third kappa shape index (κ3) is 4.01. The topological polar surface area (TPSA) is 75.0 Å². The summed E-state index contributed by atoms with van der Waals surface area (Å²) < 4.78 is 31.8. The van der Waals surface area contributed by atoms with Crippen molar-refractivity contribution in [1.29, 1.82) is 5.26 Å². The zero-order chi connectivity index (χ0) is 16.8. The summed E-state index contributed by atoms with van der Waals surface area (Å²) in [6, 6.07) is 6.19. The molecule has 1 unspecified atom stereocenters. The van der Waals surface area contributed by atoms with E-state index in [4.69, 9.17) is 10.00 Å². The molecule has 5 nitrogen and oxygen atoms in total. The number of hydrogen-bond acceptors (Lipinski definition) is 4. The van der Waals surface area contributed by atoms with Crippen LogP contribution in [0.25, 0.3) is 0 Å². The highest BCUT2D eigenvalue weighted by atomic mass is 19.1. The zero-order valence-corrected chi connectivity index (χ0v) is 12.2. The van der Waals surface area contributed by atoms with Crippen LogP contribution in [0.5, 0.6) is 5.88 Å². The standard InChI is InChI=1S/C16H13F2N3O2/c1-2-23-15-7-10(5-6-20-15)16(22)21-14(9-19)12-4-3-11(17)8-13(12)18/h3-8,14H,2H2,1H3,(H,21,22). The minimum absolute atomic E-state index is 0.110. The molecule has 0 radical (unpaired) electrons. The first-order chi connectivity index (χ1) is 11.0. The number of hydrogen-bond donors (Lipinski definition) is 1. The van der Waals surface area contributed by atoms with E-state index in [-0.39, 0.29) is 17.0 Å². The van der Waals surface area contributed by atoms with E-state index in [9.17, 15) is 13.6 Å². The average Bonchev–Trinajstić information content (AvgIpc) is 2.53. The lowest BCUT2D eigenvalue weighted by atomic mass is 10.1. The second-order valence-corrected chi connectivity index (χ2v) is 4.52. The summed E-state index contributed by atoms with van der Waals surface area (Å²) >= 11 is 0. The van der Waals surface area contributed by atoms with Crippen molar-refractivity contribution >= 4 is 5.91 Å². The fourth-order valence-electron chi connectivity index (χ4n) is 1.91. The van der Waals surface area contributed by atoms with Crippen molar-refractivity contribution in [1.82, 2.24) is 10.3 Å². The molecular formula is C16H13F2N3O2. The van der Waals surface area contributed by atoms with Crippen LogP contribution in [0.3, 0.4) is 0 Å². The normalized spacial score (nSPS) is 11.4. The molecule has 118 valence electrons. The smallest absolute Gasteiger partial charge is 0.252 e. The maximum atomic E-state index is 13.7. The summed E-state index contributed by atoms with van der Waals surface area (Å²) in [5.41, 5.74) is 0.104. The summed E-state index contributed by atoms with van der Waals surface area (Å²) in [6.07, 6.45) is 1.39. The van der Waals surface area contributed by atoms with E-state index in [2.05, 4.69) is 10.3 Å². The summed E-state index contributed by atoms with van der Waals surface area (Å²) in [5.74, 6) is -1.99. The van der Waals surface area contributed by atoms with Gasteiger partial charge in [-0.1, -0.05) is 6.07 Å². The van der Waals surface area contributed by atoms with Crippen LogP contribution in [0.4, 0.5) is 8.78 Å². The van der Waals surface area contributed by atoms with Gasteiger partial charge in [-0.15, -0.1) is 0 Å². The first-order valence-corrected chi connectivity index (χ1v) is 6.79. The Morgan fingerprint density at radius 3 is 2.83 bits per heavy atom. The molecular weight excluding hydrogens is 304 g/mol. The Kier molecular flexibility index (Phi) is 5.20. The lowest BCUT2D eigenvalue weighted by Crippen LogP contribution is -2.28. The molecule has 0 fully saturated rings. The average molecular weight is 317 g/mol. The SMILES string of the molecule is CCOc1cc(C(=O)NC(C#N)c2ccc(F)cc2F)ccn1. The van der Waals surface area contributed by atoms with Crippen LogP contribution in [0.2, 0.25) is 0 Å². The molecule has 0 aliphatic carbocycles. The molecule has 7 heteroatoms. The van der Waals surface area contributed by atoms with Crippen molar-refractivity contribution in [3.05, 3.63) is 59.3 Å². The number of amides is 1. The van der Waals surface area contributed by atoms with Gasteiger partial charge in [0.1, 0.15) is 17.7 Å². The fourth-order valence-corrected chi connectivity index (χ4v) is 1.91. The Morgan fingerprint density at radius 1 is 1.39 bits per heavy atom. The molecule has 2 aromatic rings. The Hall–Kier alpha value is -3.01. The van der Waals surface area contributed by atoms with Crippen LogP contribution in [0, 0.1) is 23.0 Å². The van der Waals surface area contributed by atoms with Crippen molar-refractivity contribution in [2.24, 2.45) is 0 Å². The number of carbonyl (C=O) groups is 1. The minimum atomic E-state index is -1.24. The summed E-state index contributed by atoms with van der Waals surface area (Å²) in [5, 5.41) is 11.5. The number of carbonyl (C=O) groups excluding carboxylic acids is 1. The monoisotopic (exact) mass is 317 g/mol. The third-order valence-corrected chi connectivity index (χ3v) is 2.97. The van der Waals surface area contributed by atoms with E-state index >= 15 is 0 Å². The van der Waals surface area contributed by atoms with Gasteiger partial charge in [-0.25, -0.2) is 13.8 Å². The number of halogens is 2. The largest absolute Gasteiger partial charge is 0.478 e. The van der Waals surface area contributed by atoms with Gasteiger partial charge in [0.15, 0.2) is 0 Å². The van der Waals surface area contributed by atoms with Gasteiger partial charge in [-0.2, -0.15) is 5.26 Å². The summed E-state index contributed by atoms with van der Waals surface area (Å²) in [6.45, 7) is 2.16. The molecule has 0 aliphatic heterocycles. The van der Waals surface area contributed by atoms with E-state index < -0.39 is 23.6 Å². The Bertz CT molecular complexity index is 759. The minimum Gasteiger partial charge on any atom is -0.478 e. The number of ether oxygens (including phenoxy) is 1. The molecule has 1 heterocycles. The number of benzene rings is 1. The lowest BCUT2D eigenvalue weighted by Gasteiger charge is -2.13. The summed E-state index contributed by atoms with van der Waals surface area (Å²) in [7, 11) is 0. The second-order valence-electron chi connectivity index (χ2n) is 4.52. The van der Waals surface area contributed by atoms with Gasteiger partial charge in [-0.3, -0.25) is 4.79 Å². The highest BCUT2D eigenvalue weighted by Crippen LogP contribution is 2.18. The quantitative estimate of drug-likeness (QED) is 0.920. The van der Waals surface area contributed by atoms with E-state index in [1.807, 2.05) is 0 Å². The van der Waals surface area contributed by atoms with Gasteiger partial charge in [0.2, 0.25) is 5.88 Å². The van der Waals surface area contributed by atoms with Gasteiger partial charge in [0.25, 0.3) is 5.91 Å². The summed E-state index contributed by atoms with van der Waals surface area (Å²) in [4.78, 5) is 16.1. The highest BCUT2D eigenvalue weighted by Gasteiger charge is 2.19. The first kappa shape index (κ1) is 16.4. The van der Waals surface area contributed by atoms with Gasteiger partial charge in [0.05, 0.1) is 12.7 Å². The first-order valence-electron chi connectivity index (χ1n) is 6.79. The van der Waals surface area contributed by atoms with E-state index in [1.54, 1.807) is 13.0 Å². The third-order valence-electron chi connectivity index (χ3n) is 2.97. The molecule has 0 aliphatic rings. The number of aromatic nitrogens is 1. The molecule has 0 saturated heterocycles. The molecule has 2 rings (SSSR count). The van der Waals surface area contributed by atoms with Crippen molar-refractivity contribution in [3.63, 3.8) is 0 Å². The van der Waals surface area contributed by atoms with Crippen LogP contribution in [-0.4, -0.2) is 17.5 Å². The highest BCUT2D eigenvalue weighted by molar-refractivity contribution is 5.94. The molecule has 1 aromatic heterocycles. The van der Waals surface area contributed by atoms with Gasteiger partial charge in [-0.05, 0) is 19.1 Å². The maximum Gasteiger partial charge on any atom is 0.252 e. The predicted molar refractivity (Wildman–Crippen MR) is 77.6 cm³/mol. The maximum absolute atomic E-state index is 13.7. The molecule has 1 N–H and O–H groups in total. The van der Waals surface area contributed by atoms with Crippen molar-refractivity contribution < 1.29 is 18.3 Å². The molecule has 23 heavy (non-hydrogen) atoms. The molecule has 1 amide bonds. The second kappa shape index (κ2) is 7.31. The van der Waals surface area contributed by atoms with Crippen molar-refractivity contribution in [2.45, 2.75) is 13.0 Å². The number of nitrogens with one attached hydrogen (secondary N) is 1. The van der Waals surface area contributed by atoms with Gasteiger partial charge < -0.3 is 10.1 Å². The van der Waals surface area contributed by atoms with E-state index in [1.165, 1.54) is 18.3 Å². The molecule has 1 atom stereocenters. The Morgan fingerprint density at radius 2 is 2.17 bits per heavy atom. The number of rotatable bonds is 5. The van der Waals surface area contributed by atoms with Crippen LogP contribution < -0.4 is 10.1 Å². The number of nitrogens with zero attached hydrogens (tertiary/aromatic N) is 2. The fraction of sp³-hybridized carbons (Fsp3) is 0.188. The molecule has 1 aromatic carbocycles. The number of nitriles is 1. The lowest BCUT2D eigenvalue weighted by molar-refractivity contribution is 0.0944. The van der Waals surface area contributed by atoms with Crippen LogP contribution in [0.15, 0.2) is 36.5 Å². The van der Waals surface area contributed by atoms with Crippen molar-refractivity contribution in [3.8, 4) is 11.9 Å². The van der Waals surface area contributed by atoms with E-state index in [0.717, 1.165) is 12.1 Å². The number of pyridine rings is 1. The predicted octanol–water partition coefficient (Wildman–Crippen LogP) is 2.75. The molecule has 0 spiro atoms. The van der Waals surface area contributed by atoms with E-state index in [0.29, 0.717) is 12.7 Å². The Labute approximate surface area is 131 Å². The van der Waals surface area contributed by atoms with Gasteiger partial charge in [0, 0.05) is 29.5 Å². The molecule has 0 saturated carbocycles. The van der Waals surface area contributed by atoms with Crippen LogP contribution >= 0.6 is 0 Å². The van der Waals surface area contributed by atoms with Crippen LogP contribution in [0.1, 0.15) is 28.9 Å². The van der Waals surface area contributed by atoms with Crippen molar-refractivity contribution in [2.75, 3.05) is 6.61 Å². The zero-order valence-electron chi connectivity index (χ0n) is 12.2. The Balaban J connectivity index is 2.20. The van der Waals surface area contributed by atoms with Gasteiger partial charge >= 0.3 is 0 Å². The van der Waals surface area contributed by atoms with Crippen LogP contribution in [-0.2, 0) is 0 Å². The molecule has 0 bridgehead atoms.